The van der Waals surface area contributed by atoms with Gasteiger partial charge in [-0.2, -0.15) is 5.10 Å². The Balaban J connectivity index is 1.82. The first-order valence-electron chi connectivity index (χ1n) is 9.01. The van der Waals surface area contributed by atoms with Crippen molar-refractivity contribution in [3.8, 4) is 11.6 Å². The predicted octanol–water partition coefficient (Wildman–Crippen LogP) is 1.94. The third kappa shape index (κ3) is 1.96. The van der Waals surface area contributed by atoms with Crippen molar-refractivity contribution in [2.75, 3.05) is 11.9 Å². The summed E-state index contributed by atoms with van der Waals surface area (Å²) >= 11 is 0. The minimum absolute atomic E-state index is 0.0860. The fourth-order valence-electron chi connectivity index (χ4n) is 4.23. The Hall–Kier alpha value is -3.58. The zero-order valence-electron chi connectivity index (χ0n) is 15.3. The summed E-state index contributed by atoms with van der Waals surface area (Å²) in [5, 5.41) is 7.49. The van der Waals surface area contributed by atoms with Crippen LogP contribution in [0.5, 0.6) is 5.88 Å². The molecule has 0 aliphatic carbocycles. The maximum Gasteiger partial charge on any atom is 0.244 e. The van der Waals surface area contributed by atoms with E-state index >= 15 is 0 Å². The first-order chi connectivity index (χ1) is 13.6. The van der Waals surface area contributed by atoms with Gasteiger partial charge in [0.25, 0.3) is 0 Å². The second-order valence-electron chi connectivity index (χ2n) is 7.01. The van der Waals surface area contributed by atoms with E-state index in [1.807, 2.05) is 55.5 Å². The number of hydrogen-bond donors (Lipinski definition) is 3. The number of ether oxygens (including phenoxy) is 1. The number of para-hydroxylation sites is 1. The molecule has 0 fully saturated rings. The Morgan fingerprint density at radius 2 is 2.00 bits per heavy atom. The highest BCUT2D eigenvalue weighted by Crippen LogP contribution is 2.53. The molecule has 5 N–H and O–H groups in total. The van der Waals surface area contributed by atoms with E-state index in [0.717, 1.165) is 22.5 Å². The monoisotopic (exact) mass is 373 g/mol. The van der Waals surface area contributed by atoms with E-state index in [2.05, 4.69) is 10.4 Å². The third-order valence-electron chi connectivity index (χ3n) is 5.46. The van der Waals surface area contributed by atoms with Crippen LogP contribution in [0.2, 0.25) is 0 Å². The lowest BCUT2D eigenvalue weighted by molar-refractivity contribution is -0.118. The normalized spacial score (nSPS) is 20.0. The van der Waals surface area contributed by atoms with Gasteiger partial charge in [0.2, 0.25) is 11.8 Å². The van der Waals surface area contributed by atoms with Crippen LogP contribution in [0, 0.1) is 6.92 Å². The summed E-state index contributed by atoms with van der Waals surface area (Å²) in [6.07, 6.45) is 1.67. The Kier molecular flexibility index (Phi) is 3.38. The first-order valence-corrected chi connectivity index (χ1v) is 9.01. The van der Waals surface area contributed by atoms with Crippen molar-refractivity contribution in [1.29, 1.82) is 0 Å². The molecule has 140 valence electrons. The molecular weight excluding hydrogens is 354 g/mol. The SMILES string of the molecule is Cc1cccc(-n2ncc3c2OC(N)=C(CN)C32C(=O)Nc3ccccc32)c1. The molecule has 1 spiro atoms. The van der Waals surface area contributed by atoms with Crippen LogP contribution in [-0.4, -0.2) is 22.2 Å². The number of aryl methyl sites for hydroxylation is 1. The van der Waals surface area contributed by atoms with E-state index in [-0.39, 0.29) is 18.3 Å². The molecule has 1 aromatic heterocycles. The molecule has 1 unspecified atom stereocenters. The van der Waals surface area contributed by atoms with Gasteiger partial charge in [0, 0.05) is 23.4 Å². The Labute approximate surface area is 161 Å². The third-order valence-corrected chi connectivity index (χ3v) is 5.46. The Morgan fingerprint density at radius 3 is 2.79 bits per heavy atom. The predicted molar refractivity (Wildman–Crippen MR) is 105 cm³/mol. The molecule has 2 aliphatic rings. The van der Waals surface area contributed by atoms with Crippen molar-refractivity contribution in [2.24, 2.45) is 11.5 Å². The van der Waals surface area contributed by atoms with E-state index in [1.165, 1.54) is 0 Å². The van der Waals surface area contributed by atoms with Crippen LogP contribution in [-0.2, 0) is 10.2 Å². The fraction of sp³-hybridized carbons (Fsp3) is 0.143. The number of hydrogen-bond acceptors (Lipinski definition) is 5. The molecule has 2 aromatic carbocycles. The molecule has 0 bridgehead atoms. The smallest absolute Gasteiger partial charge is 0.244 e. The molecule has 0 saturated heterocycles. The topological polar surface area (TPSA) is 108 Å². The summed E-state index contributed by atoms with van der Waals surface area (Å²) in [4.78, 5) is 13.3. The van der Waals surface area contributed by atoms with Crippen LogP contribution < -0.4 is 21.5 Å². The largest absolute Gasteiger partial charge is 0.423 e. The van der Waals surface area contributed by atoms with Crippen LogP contribution in [0.4, 0.5) is 5.69 Å². The fourth-order valence-corrected chi connectivity index (χ4v) is 4.23. The van der Waals surface area contributed by atoms with E-state index < -0.39 is 5.41 Å². The van der Waals surface area contributed by atoms with Crippen molar-refractivity contribution in [3.05, 3.63) is 82.9 Å². The van der Waals surface area contributed by atoms with Crippen LogP contribution in [0.1, 0.15) is 16.7 Å². The molecule has 7 heteroatoms. The number of nitrogens with zero attached hydrogens (tertiary/aromatic N) is 2. The summed E-state index contributed by atoms with van der Waals surface area (Å²) in [7, 11) is 0. The minimum Gasteiger partial charge on any atom is -0.423 e. The number of benzene rings is 2. The number of nitrogens with two attached hydrogens (primary N) is 2. The van der Waals surface area contributed by atoms with Gasteiger partial charge in [-0.1, -0.05) is 30.3 Å². The summed E-state index contributed by atoms with van der Waals surface area (Å²) in [6, 6.07) is 15.4. The molecular formula is C21H19N5O2. The van der Waals surface area contributed by atoms with Crippen molar-refractivity contribution >= 4 is 11.6 Å². The number of carbonyl (C=O) groups excluding carboxylic acids is 1. The number of fused-ring (bicyclic) bond motifs is 4. The second-order valence-corrected chi connectivity index (χ2v) is 7.01. The van der Waals surface area contributed by atoms with Crippen molar-refractivity contribution in [1.82, 2.24) is 9.78 Å². The van der Waals surface area contributed by atoms with Gasteiger partial charge in [-0.25, -0.2) is 4.68 Å². The number of aromatic nitrogens is 2. The summed E-state index contributed by atoms with van der Waals surface area (Å²) < 4.78 is 7.61. The number of carbonyl (C=O) groups is 1. The molecule has 1 atom stereocenters. The van der Waals surface area contributed by atoms with Crippen molar-refractivity contribution in [3.63, 3.8) is 0 Å². The second kappa shape index (κ2) is 5.71. The maximum absolute atomic E-state index is 13.3. The highest BCUT2D eigenvalue weighted by atomic mass is 16.5. The van der Waals surface area contributed by atoms with Gasteiger partial charge in [-0.05, 0) is 30.7 Å². The molecule has 3 heterocycles. The van der Waals surface area contributed by atoms with Crippen LogP contribution >= 0.6 is 0 Å². The van der Waals surface area contributed by atoms with Gasteiger partial charge < -0.3 is 21.5 Å². The van der Waals surface area contributed by atoms with Crippen LogP contribution in [0.15, 0.2) is 66.2 Å². The minimum atomic E-state index is -1.15. The van der Waals surface area contributed by atoms with Gasteiger partial charge in [0.1, 0.15) is 5.41 Å². The van der Waals surface area contributed by atoms with Crippen LogP contribution in [0.25, 0.3) is 5.69 Å². The lowest BCUT2D eigenvalue weighted by atomic mass is 9.69. The van der Waals surface area contributed by atoms with Gasteiger partial charge in [-0.15, -0.1) is 0 Å². The average Bonchev–Trinajstić information content (AvgIpc) is 3.22. The standard InChI is InChI=1S/C21H19N5O2/c1-12-5-4-6-13(9-12)26-19-16(11-24-26)21(15(10-22)18(23)28-19)14-7-2-3-8-17(14)25-20(21)27/h2-9,11H,10,22-23H2,1H3,(H,25,27). The molecule has 7 nitrogen and oxygen atoms in total. The maximum atomic E-state index is 13.3. The quantitative estimate of drug-likeness (QED) is 0.636. The molecule has 2 aliphatic heterocycles. The highest BCUT2D eigenvalue weighted by Gasteiger charge is 2.56. The van der Waals surface area contributed by atoms with Crippen molar-refractivity contribution < 1.29 is 9.53 Å². The number of amides is 1. The summed E-state index contributed by atoms with van der Waals surface area (Å²) in [5.74, 6) is 0.355. The summed E-state index contributed by atoms with van der Waals surface area (Å²) in [5.41, 5.74) is 15.8. The van der Waals surface area contributed by atoms with Gasteiger partial charge in [0.05, 0.1) is 17.4 Å². The van der Waals surface area contributed by atoms with E-state index in [4.69, 9.17) is 16.2 Å². The summed E-state index contributed by atoms with van der Waals surface area (Å²) in [6.45, 7) is 2.09. The van der Waals surface area contributed by atoms with E-state index in [1.54, 1.807) is 10.9 Å². The molecule has 1 amide bonds. The lowest BCUT2D eigenvalue weighted by Gasteiger charge is -2.34. The van der Waals surface area contributed by atoms with Crippen LogP contribution in [0.3, 0.4) is 0 Å². The average molecular weight is 373 g/mol. The van der Waals surface area contributed by atoms with Gasteiger partial charge >= 0.3 is 0 Å². The van der Waals surface area contributed by atoms with Gasteiger partial charge in [-0.3, -0.25) is 4.79 Å². The van der Waals surface area contributed by atoms with E-state index in [9.17, 15) is 4.79 Å². The molecule has 28 heavy (non-hydrogen) atoms. The number of rotatable bonds is 2. The lowest BCUT2D eigenvalue weighted by Crippen LogP contribution is -2.45. The molecule has 0 saturated carbocycles. The number of nitrogens with one attached hydrogen (secondary N) is 1. The molecule has 5 rings (SSSR count). The van der Waals surface area contributed by atoms with E-state index in [0.29, 0.717) is 17.0 Å². The first kappa shape index (κ1) is 16.6. The van der Waals surface area contributed by atoms with Crippen molar-refractivity contribution in [2.45, 2.75) is 12.3 Å². The zero-order chi connectivity index (χ0) is 19.5. The Morgan fingerprint density at radius 1 is 1.18 bits per heavy atom. The highest BCUT2D eigenvalue weighted by molar-refractivity contribution is 6.12. The number of anilines is 1. The van der Waals surface area contributed by atoms with Gasteiger partial charge in [0.15, 0.2) is 5.88 Å². The Bertz CT molecular complexity index is 1160. The molecule has 0 radical (unpaired) electrons. The molecule has 3 aromatic rings. The zero-order valence-corrected chi connectivity index (χ0v) is 15.3.